The third kappa shape index (κ3) is 5.51. The van der Waals surface area contributed by atoms with Gasteiger partial charge in [-0.1, -0.05) is 12.8 Å². The van der Waals surface area contributed by atoms with Crippen LogP contribution in [0.3, 0.4) is 0 Å². The largest absolute Gasteiger partial charge is 0.466 e. The summed E-state index contributed by atoms with van der Waals surface area (Å²) >= 11 is 0. The molecule has 1 atom stereocenters. The summed E-state index contributed by atoms with van der Waals surface area (Å²) in [4.78, 5) is 13.0. The average Bonchev–Trinajstić information content (AvgIpc) is 2.95. The van der Waals surface area contributed by atoms with Crippen LogP contribution in [-0.4, -0.2) is 55.2 Å². The third-order valence-corrected chi connectivity index (χ3v) is 4.06. The van der Waals surface area contributed by atoms with E-state index in [1.807, 2.05) is 11.9 Å². The number of carbonyl (C=O) groups is 1. The number of rotatable bonds is 11. The molecule has 0 aromatic heterocycles. The number of alkyl halides is 2. The number of esters is 1. The second kappa shape index (κ2) is 8.03. The lowest BCUT2D eigenvalue weighted by atomic mass is 10.1. The van der Waals surface area contributed by atoms with Crippen LogP contribution in [0.5, 0.6) is 0 Å². The average molecular weight is 307 g/mol. The van der Waals surface area contributed by atoms with Crippen LogP contribution in [0.4, 0.5) is 8.78 Å². The van der Waals surface area contributed by atoms with E-state index in [-0.39, 0.29) is 18.9 Å². The maximum atomic E-state index is 13.2. The van der Waals surface area contributed by atoms with E-state index in [2.05, 4.69) is 0 Å². The predicted molar refractivity (Wildman–Crippen MR) is 76.3 cm³/mol. The van der Waals surface area contributed by atoms with Gasteiger partial charge >= 0.3 is 5.97 Å². The minimum absolute atomic E-state index is 0.157. The second-order valence-electron chi connectivity index (χ2n) is 6.03. The molecular formula is C15H27F2NO3. The van der Waals surface area contributed by atoms with Crippen LogP contribution in [-0.2, 0) is 9.53 Å². The summed E-state index contributed by atoms with van der Waals surface area (Å²) in [5.41, 5.74) is -1.22. The van der Waals surface area contributed by atoms with E-state index in [0.717, 1.165) is 32.2 Å². The first kappa shape index (κ1) is 18.3. The summed E-state index contributed by atoms with van der Waals surface area (Å²) in [5.74, 6) is -2.87. The maximum Gasteiger partial charge on any atom is 0.305 e. The number of hydrogen-bond acceptors (Lipinski definition) is 4. The smallest absolute Gasteiger partial charge is 0.305 e. The van der Waals surface area contributed by atoms with Crippen molar-refractivity contribution in [3.63, 3.8) is 0 Å². The van der Waals surface area contributed by atoms with Crippen LogP contribution in [0.1, 0.15) is 45.4 Å². The topological polar surface area (TPSA) is 49.8 Å². The molecule has 124 valence electrons. The first-order valence-corrected chi connectivity index (χ1v) is 7.70. The van der Waals surface area contributed by atoms with Gasteiger partial charge < -0.3 is 14.7 Å². The van der Waals surface area contributed by atoms with Crippen molar-refractivity contribution in [1.82, 2.24) is 4.90 Å². The molecule has 1 saturated carbocycles. The first-order valence-electron chi connectivity index (χ1n) is 7.70. The molecule has 0 saturated heterocycles. The van der Waals surface area contributed by atoms with Gasteiger partial charge in [0.05, 0.1) is 18.6 Å². The molecule has 0 spiro atoms. The van der Waals surface area contributed by atoms with Crippen molar-refractivity contribution in [3.8, 4) is 0 Å². The van der Waals surface area contributed by atoms with Crippen molar-refractivity contribution in [3.05, 3.63) is 0 Å². The molecular weight excluding hydrogens is 280 g/mol. The Labute approximate surface area is 125 Å². The Hall–Kier alpha value is -0.750. The molecule has 0 heterocycles. The normalized spacial score (nSPS) is 23.3. The van der Waals surface area contributed by atoms with E-state index >= 15 is 0 Å². The first-order chi connectivity index (χ1) is 9.87. The van der Waals surface area contributed by atoms with E-state index in [0.29, 0.717) is 13.0 Å². The van der Waals surface area contributed by atoms with E-state index in [4.69, 9.17) is 9.84 Å². The van der Waals surface area contributed by atoms with Gasteiger partial charge in [-0.05, 0) is 33.4 Å². The van der Waals surface area contributed by atoms with Crippen LogP contribution in [0.25, 0.3) is 0 Å². The zero-order valence-electron chi connectivity index (χ0n) is 13.0. The monoisotopic (exact) mass is 307 g/mol. The fourth-order valence-electron chi connectivity index (χ4n) is 2.61. The van der Waals surface area contributed by atoms with Crippen molar-refractivity contribution in [2.45, 2.75) is 51.4 Å². The number of unbranched alkanes of at least 4 members (excludes halogenated alkanes) is 3. The number of aliphatic hydroxyl groups excluding tert-OH is 1. The van der Waals surface area contributed by atoms with Crippen LogP contribution in [0.2, 0.25) is 0 Å². The Morgan fingerprint density at radius 2 is 1.90 bits per heavy atom. The van der Waals surface area contributed by atoms with Crippen LogP contribution >= 0.6 is 0 Å². The van der Waals surface area contributed by atoms with Crippen LogP contribution < -0.4 is 0 Å². The Bertz CT molecular complexity index is 339. The summed E-state index contributed by atoms with van der Waals surface area (Å²) < 4.78 is 31.3. The van der Waals surface area contributed by atoms with Gasteiger partial charge in [-0.3, -0.25) is 4.79 Å². The lowest BCUT2D eigenvalue weighted by Gasteiger charge is -2.22. The zero-order chi connectivity index (χ0) is 15.9. The predicted octanol–water partition coefficient (Wildman–Crippen LogP) is 2.45. The molecule has 1 N–H and O–H groups in total. The zero-order valence-corrected chi connectivity index (χ0v) is 13.0. The highest BCUT2D eigenvalue weighted by atomic mass is 19.3. The summed E-state index contributed by atoms with van der Waals surface area (Å²) in [7, 11) is 1.81. The van der Waals surface area contributed by atoms with Gasteiger partial charge in [0.1, 0.15) is 0 Å². The van der Waals surface area contributed by atoms with E-state index in [1.165, 1.54) is 0 Å². The number of carbonyl (C=O) groups excluding carboxylic acids is 1. The number of nitrogens with zero attached hydrogens (tertiary/aromatic N) is 1. The number of halogens is 2. The number of hydrogen-bond donors (Lipinski definition) is 1. The Balaban J connectivity index is 2.04. The van der Waals surface area contributed by atoms with Crippen molar-refractivity contribution < 1.29 is 23.4 Å². The highest BCUT2D eigenvalue weighted by Gasteiger charge is 2.70. The van der Waals surface area contributed by atoms with Crippen molar-refractivity contribution >= 4 is 5.97 Å². The summed E-state index contributed by atoms with van der Waals surface area (Å²) in [5, 5.41) is 9.13. The fraction of sp³-hybridized carbons (Fsp3) is 0.933. The number of ether oxygens (including phenoxy) is 1. The molecule has 0 radical (unpaired) electrons. The quantitative estimate of drug-likeness (QED) is 0.470. The van der Waals surface area contributed by atoms with Gasteiger partial charge in [0.15, 0.2) is 0 Å². The van der Waals surface area contributed by atoms with Crippen molar-refractivity contribution in [1.29, 1.82) is 0 Å². The van der Waals surface area contributed by atoms with E-state index in [9.17, 15) is 13.6 Å². The van der Waals surface area contributed by atoms with Crippen LogP contribution in [0.15, 0.2) is 0 Å². The van der Waals surface area contributed by atoms with Gasteiger partial charge in [-0.15, -0.1) is 0 Å². The molecule has 0 aromatic rings. The molecule has 0 bridgehead atoms. The minimum Gasteiger partial charge on any atom is -0.466 e. The van der Waals surface area contributed by atoms with Gasteiger partial charge in [0, 0.05) is 19.4 Å². The van der Waals surface area contributed by atoms with E-state index < -0.39 is 17.9 Å². The summed E-state index contributed by atoms with van der Waals surface area (Å²) in [6.45, 7) is 2.72. The molecule has 4 nitrogen and oxygen atoms in total. The Morgan fingerprint density at radius 1 is 1.29 bits per heavy atom. The molecule has 0 aliphatic heterocycles. The SMILES string of the molecule is CCOC(=O)CCCCCCN(C)C[C@@]1(CO)CC1(F)F. The lowest BCUT2D eigenvalue weighted by molar-refractivity contribution is -0.143. The highest BCUT2D eigenvalue weighted by Crippen LogP contribution is 2.60. The summed E-state index contributed by atoms with van der Waals surface area (Å²) in [6, 6.07) is 0. The van der Waals surface area contributed by atoms with Crippen molar-refractivity contribution in [2.24, 2.45) is 5.41 Å². The Kier molecular flexibility index (Phi) is 7.00. The molecule has 0 amide bonds. The molecule has 1 aliphatic carbocycles. The summed E-state index contributed by atoms with van der Waals surface area (Å²) in [6.07, 6.45) is 3.86. The van der Waals surface area contributed by atoms with Gasteiger partial charge in [0.25, 0.3) is 5.92 Å². The third-order valence-electron chi connectivity index (χ3n) is 4.06. The Morgan fingerprint density at radius 3 is 2.43 bits per heavy atom. The van der Waals surface area contributed by atoms with Crippen molar-refractivity contribution in [2.75, 3.05) is 33.4 Å². The second-order valence-corrected chi connectivity index (χ2v) is 6.03. The van der Waals surface area contributed by atoms with Crippen LogP contribution in [0, 0.1) is 5.41 Å². The van der Waals surface area contributed by atoms with Gasteiger partial charge in [-0.2, -0.15) is 0 Å². The van der Waals surface area contributed by atoms with E-state index in [1.54, 1.807) is 6.92 Å². The molecule has 1 aliphatic rings. The fourth-order valence-corrected chi connectivity index (χ4v) is 2.61. The molecule has 6 heteroatoms. The van der Waals surface area contributed by atoms with Gasteiger partial charge in [0.2, 0.25) is 0 Å². The molecule has 1 fully saturated rings. The maximum absolute atomic E-state index is 13.2. The minimum atomic E-state index is -2.71. The van der Waals surface area contributed by atoms with Gasteiger partial charge in [-0.25, -0.2) is 8.78 Å². The molecule has 1 rings (SSSR count). The number of aliphatic hydroxyl groups is 1. The standard InChI is InChI=1S/C15H27F2NO3/c1-3-21-13(20)8-6-4-5-7-9-18(2)11-14(12-19)10-15(14,16)17/h19H,3-12H2,1-2H3/t14-/m1/s1. The molecule has 0 unspecified atom stereocenters. The molecule has 21 heavy (non-hydrogen) atoms. The lowest BCUT2D eigenvalue weighted by Crippen LogP contribution is -2.33. The highest BCUT2D eigenvalue weighted by molar-refractivity contribution is 5.69. The molecule has 0 aromatic carbocycles.